The van der Waals surface area contributed by atoms with Crippen LogP contribution < -0.4 is 5.32 Å². The Morgan fingerprint density at radius 1 is 1.21 bits per heavy atom. The van der Waals surface area contributed by atoms with Gasteiger partial charge in [-0.05, 0) is 33.4 Å². The number of nitrogens with one attached hydrogen (secondary N) is 1. The topological polar surface area (TPSA) is 29.9 Å². The van der Waals surface area contributed by atoms with Crippen LogP contribution in [0.3, 0.4) is 0 Å². The lowest BCUT2D eigenvalue weighted by Crippen LogP contribution is -2.23. The maximum Gasteiger partial charge on any atom is 0.0814 e. The van der Waals surface area contributed by atoms with Crippen LogP contribution in [0.4, 0.5) is 0 Å². The van der Waals surface area contributed by atoms with Gasteiger partial charge >= 0.3 is 0 Å². The molecule has 2 aromatic rings. The average Bonchev–Trinajstić information content (AvgIpc) is 2.66. The zero-order valence-electron chi connectivity index (χ0n) is 11.9. The van der Waals surface area contributed by atoms with Crippen molar-refractivity contribution in [2.75, 3.05) is 7.05 Å². The van der Waals surface area contributed by atoms with Crippen LogP contribution in [0.15, 0.2) is 24.4 Å². The molecule has 1 aromatic heterocycles. The van der Waals surface area contributed by atoms with E-state index >= 15 is 0 Å². The Balaban J connectivity index is 2.27. The van der Waals surface area contributed by atoms with Crippen molar-refractivity contribution in [3.63, 3.8) is 0 Å². The summed E-state index contributed by atoms with van der Waals surface area (Å²) >= 11 is 6.05. The summed E-state index contributed by atoms with van der Waals surface area (Å²) in [5, 5.41) is 8.39. The second-order valence-electron chi connectivity index (χ2n) is 5.02. The van der Waals surface area contributed by atoms with Gasteiger partial charge in [0.25, 0.3) is 0 Å². The van der Waals surface area contributed by atoms with E-state index in [0.717, 1.165) is 17.3 Å². The zero-order valence-corrected chi connectivity index (χ0v) is 12.6. The fraction of sp³-hybridized carbons (Fsp3) is 0.400. The number of aromatic nitrogens is 2. The van der Waals surface area contributed by atoms with Crippen LogP contribution in [0.25, 0.3) is 0 Å². The van der Waals surface area contributed by atoms with E-state index < -0.39 is 0 Å². The molecule has 1 N–H and O–H groups in total. The SMILES string of the molecule is CNC(Cn1ncc(Cl)c1C)c1cc(C)cc(C)c1. The maximum atomic E-state index is 6.05. The third kappa shape index (κ3) is 3.17. The van der Waals surface area contributed by atoms with Crippen molar-refractivity contribution < 1.29 is 0 Å². The first kappa shape index (κ1) is 14.1. The highest BCUT2D eigenvalue weighted by molar-refractivity contribution is 6.31. The molecule has 1 heterocycles. The summed E-state index contributed by atoms with van der Waals surface area (Å²) in [6, 6.07) is 6.85. The summed E-state index contributed by atoms with van der Waals surface area (Å²) in [5.41, 5.74) is 4.85. The van der Waals surface area contributed by atoms with Gasteiger partial charge in [-0.2, -0.15) is 5.10 Å². The van der Waals surface area contributed by atoms with Crippen LogP contribution in [-0.4, -0.2) is 16.8 Å². The summed E-state index contributed by atoms with van der Waals surface area (Å²) in [6.45, 7) is 7.01. The monoisotopic (exact) mass is 277 g/mol. The average molecular weight is 278 g/mol. The standard InChI is InChI=1S/C15H20ClN3/c1-10-5-11(2)7-13(6-10)15(17-4)9-19-12(3)14(16)8-18-19/h5-8,15,17H,9H2,1-4H3. The molecule has 0 radical (unpaired) electrons. The van der Waals surface area contributed by atoms with Gasteiger partial charge in [-0.1, -0.05) is 40.9 Å². The Labute approximate surface area is 119 Å². The number of rotatable bonds is 4. The Morgan fingerprint density at radius 3 is 2.32 bits per heavy atom. The first-order valence-corrected chi connectivity index (χ1v) is 6.82. The first-order valence-electron chi connectivity index (χ1n) is 6.44. The van der Waals surface area contributed by atoms with E-state index in [2.05, 4.69) is 42.5 Å². The number of hydrogen-bond donors (Lipinski definition) is 1. The minimum atomic E-state index is 0.230. The second-order valence-corrected chi connectivity index (χ2v) is 5.43. The smallest absolute Gasteiger partial charge is 0.0814 e. The number of aryl methyl sites for hydroxylation is 2. The van der Waals surface area contributed by atoms with Crippen LogP contribution in [0, 0.1) is 20.8 Å². The highest BCUT2D eigenvalue weighted by Crippen LogP contribution is 2.21. The highest BCUT2D eigenvalue weighted by atomic mass is 35.5. The Morgan fingerprint density at radius 2 is 1.84 bits per heavy atom. The Bertz CT molecular complexity index is 555. The van der Waals surface area contributed by atoms with Gasteiger partial charge in [0.2, 0.25) is 0 Å². The molecule has 1 atom stereocenters. The summed E-state index contributed by atoms with van der Waals surface area (Å²) < 4.78 is 1.95. The van der Waals surface area contributed by atoms with Crippen molar-refractivity contribution in [3.8, 4) is 0 Å². The van der Waals surface area contributed by atoms with Crippen LogP contribution in [-0.2, 0) is 6.54 Å². The van der Waals surface area contributed by atoms with Crippen LogP contribution in [0.1, 0.15) is 28.4 Å². The summed E-state index contributed by atoms with van der Waals surface area (Å²) in [7, 11) is 1.97. The normalized spacial score (nSPS) is 12.7. The van der Waals surface area contributed by atoms with Gasteiger partial charge in [0.1, 0.15) is 0 Å². The van der Waals surface area contributed by atoms with E-state index in [0.29, 0.717) is 0 Å². The van der Waals surface area contributed by atoms with E-state index in [1.54, 1.807) is 6.20 Å². The predicted molar refractivity (Wildman–Crippen MR) is 79.7 cm³/mol. The molecule has 102 valence electrons. The summed E-state index contributed by atoms with van der Waals surface area (Å²) in [4.78, 5) is 0. The molecular formula is C15H20ClN3. The van der Waals surface area contributed by atoms with E-state index in [1.165, 1.54) is 16.7 Å². The lowest BCUT2D eigenvalue weighted by molar-refractivity contribution is 0.461. The fourth-order valence-electron chi connectivity index (χ4n) is 2.36. The molecule has 0 amide bonds. The summed E-state index contributed by atoms with van der Waals surface area (Å²) in [5.74, 6) is 0. The zero-order chi connectivity index (χ0) is 14.0. The van der Waals surface area contributed by atoms with Crippen LogP contribution in [0.2, 0.25) is 5.02 Å². The summed E-state index contributed by atoms with van der Waals surface area (Å²) in [6.07, 6.45) is 1.70. The lowest BCUT2D eigenvalue weighted by Gasteiger charge is -2.19. The second kappa shape index (κ2) is 5.76. The van der Waals surface area contributed by atoms with E-state index in [4.69, 9.17) is 11.6 Å². The van der Waals surface area contributed by atoms with Crippen LogP contribution in [0.5, 0.6) is 0 Å². The Hall–Kier alpha value is -1.32. The molecule has 0 aliphatic heterocycles. The quantitative estimate of drug-likeness (QED) is 0.928. The van der Waals surface area contributed by atoms with E-state index in [9.17, 15) is 0 Å². The van der Waals surface area contributed by atoms with Gasteiger partial charge in [0.05, 0.1) is 29.5 Å². The van der Waals surface area contributed by atoms with Gasteiger partial charge in [0, 0.05) is 0 Å². The minimum absolute atomic E-state index is 0.230. The molecule has 0 aliphatic carbocycles. The largest absolute Gasteiger partial charge is 0.311 e. The van der Waals surface area contributed by atoms with Gasteiger partial charge < -0.3 is 5.32 Å². The van der Waals surface area contributed by atoms with Crippen molar-refractivity contribution in [1.29, 1.82) is 0 Å². The Kier molecular flexibility index (Phi) is 4.27. The van der Waals surface area contributed by atoms with Crippen molar-refractivity contribution >= 4 is 11.6 Å². The highest BCUT2D eigenvalue weighted by Gasteiger charge is 2.13. The molecule has 1 aromatic carbocycles. The van der Waals surface area contributed by atoms with Crippen molar-refractivity contribution in [1.82, 2.24) is 15.1 Å². The molecule has 19 heavy (non-hydrogen) atoms. The molecule has 0 fully saturated rings. The van der Waals surface area contributed by atoms with E-state index in [1.807, 2.05) is 18.7 Å². The van der Waals surface area contributed by atoms with Gasteiger partial charge in [-0.3, -0.25) is 4.68 Å². The van der Waals surface area contributed by atoms with Gasteiger partial charge in [0.15, 0.2) is 0 Å². The molecule has 0 bridgehead atoms. The minimum Gasteiger partial charge on any atom is -0.311 e. The number of halogens is 1. The molecule has 4 heteroatoms. The lowest BCUT2D eigenvalue weighted by atomic mass is 10.0. The first-order chi connectivity index (χ1) is 9.01. The van der Waals surface area contributed by atoms with Gasteiger partial charge in [-0.15, -0.1) is 0 Å². The molecule has 3 nitrogen and oxygen atoms in total. The molecule has 0 aliphatic rings. The third-order valence-corrected chi connectivity index (χ3v) is 3.76. The predicted octanol–water partition coefficient (Wildman–Crippen LogP) is 3.42. The van der Waals surface area contributed by atoms with Crippen molar-refractivity contribution in [2.45, 2.75) is 33.4 Å². The van der Waals surface area contributed by atoms with E-state index in [-0.39, 0.29) is 6.04 Å². The molecule has 0 saturated heterocycles. The third-order valence-electron chi connectivity index (χ3n) is 3.39. The molecule has 0 spiro atoms. The number of benzene rings is 1. The van der Waals surface area contributed by atoms with Gasteiger partial charge in [-0.25, -0.2) is 0 Å². The molecule has 0 saturated carbocycles. The van der Waals surface area contributed by atoms with Crippen LogP contribution >= 0.6 is 11.6 Å². The van der Waals surface area contributed by atoms with Crippen molar-refractivity contribution in [3.05, 3.63) is 51.8 Å². The molecule has 2 rings (SSSR count). The fourth-order valence-corrected chi connectivity index (χ4v) is 2.50. The number of hydrogen-bond acceptors (Lipinski definition) is 2. The molecular weight excluding hydrogens is 258 g/mol. The maximum absolute atomic E-state index is 6.05. The number of likely N-dealkylation sites (N-methyl/N-ethyl adjacent to an activating group) is 1. The van der Waals surface area contributed by atoms with Crippen molar-refractivity contribution in [2.24, 2.45) is 0 Å². The molecule has 1 unspecified atom stereocenters. The number of nitrogens with zero attached hydrogens (tertiary/aromatic N) is 2.